The number of benzene rings is 2. The highest BCUT2D eigenvalue weighted by Crippen LogP contribution is 2.14. The summed E-state index contributed by atoms with van der Waals surface area (Å²) in [4.78, 5) is 24.6. The van der Waals surface area contributed by atoms with Crippen LogP contribution in [0.25, 0.3) is 0 Å². The van der Waals surface area contributed by atoms with Gasteiger partial charge in [-0.25, -0.2) is 4.79 Å². The number of carboxylic acid groups (broad SMARTS) is 1. The molecule has 9 heteroatoms. The van der Waals surface area contributed by atoms with Crippen LogP contribution in [-0.4, -0.2) is 63.7 Å². The number of hydrogen-bond acceptors (Lipinski definition) is 6. The van der Waals surface area contributed by atoms with Gasteiger partial charge in [-0.15, -0.1) is 0 Å². The molecule has 0 radical (unpaired) electrons. The summed E-state index contributed by atoms with van der Waals surface area (Å²) in [6, 6.07) is 28.2. The molecule has 0 aliphatic carbocycles. The molecule has 2 heterocycles. The Balaban J connectivity index is 1.28. The molecule has 3 N–H and O–H groups in total. The summed E-state index contributed by atoms with van der Waals surface area (Å²) in [5.41, 5.74) is 5.36. The molecule has 220 valence electrons. The van der Waals surface area contributed by atoms with E-state index in [1.54, 1.807) is 0 Å². The molecule has 0 fully saturated rings. The van der Waals surface area contributed by atoms with Crippen LogP contribution in [0, 0.1) is 0 Å². The van der Waals surface area contributed by atoms with Crippen LogP contribution >= 0.6 is 15.9 Å². The average molecular weight is 632 g/mol. The van der Waals surface area contributed by atoms with Gasteiger partial charge in [-0.3, -0.25) is 14.9 Å². The van der Waals surface area contributed by atoms with Gasteiger partial charge < -0.3 is 20.6 Å². The molecule has 0 aliphatic heterocycles. The normalized spacial score (nSPS) is 11.1. The molecule has 0 unspecified atom stereocenters. The quantitative estimate of drug-likeness (QED) is 0.136. The zero-order valence-electron chi connectivity index (χ0n) is 23.8. The lowest BCUT2D eigenvalue weighted by Gasteiger charge is -2.23. The van der Waals surface area contributed by atoms with Gasteiger partial charge >= 0.3 is 6.09 Å². The van der Waals surface area contributed by atoms with Crippen LogP contribution in [0.5, 0.6) is 0 Å². The molecule has 0 saturated carbocycles. The third kappa shape index (κ3) is 11.3. The first-order valence-electron chi connectivity index (χ1n) is 14.3. The number of rotatable bonds is 17. The van der Waals surface area contributed by atoms with Crippen LogP contribution in [-0.2, 0) is 32.6 Å². The van der Waals surface area contributed by atoms with Crippen molar-refractivity contribution in [1.29, 1.82) is 0 Å². The highest BCUT2D eigenvalue weighted by molar-refractivity contribution is 9.10. The van der Waals surface area contributed by atoms with Gasteiger partial charge in [0.15, 0.2) is 0 Å². The van der Waals surface area contributed by atoms with Crippen molar-refractivity contribution in [3.8, 4) is 0 Å². The first-order valence-corrected chi connectivity index (χ1v) is 15.1. The lowest BCUT2D eigenvalue weighted by atomic mass is 10.1. The molecule has 4 aromatic rings. The highest BCUT2D eigenvalue weighted by atomic mass is 79.9. The van der Waals surface area contributed by atoms with E-state index in [0.717, 1.165) is 72.8 Å². The van der Waals surface area contributed by atoms with Crippen LogP contribution in [0.1, 0.15) is 28.1 Å². The van der Waals surface area contributed by atoms with Crippen molar-refractivity contribution in [2.45, 2.75) is 32.6 Å². The van der Waals surface area contributed by atoms with Gasteiger partial charge in [0.1, 0.15) is 0 Å². The number of nitrogens with one attached hydrogen (secondary N) is 2. The molecule has 1 amide bonds. The fourth-order valence-corrected chi connectivity index (χ4v) is 4.83. The van der Waals surface area contributed by atoms with E-state index in [-0.39, 0.29) is 0 Å². The standard InChI is InChI=1S/C33H39BrN6O2/c34-30-13-11-27(12-14-30)15-20-40(33(41)42)26-29-9-7-28(8-10-29)25-39(21-18-35-23-31-5-1-3-16-37-31)22-19-36-24-32-6-2-4-17-38-32/h1-14,16-17,35-36H,15,18-26H2,(H,41,42). The largest absolute Gasteiger partial charge is 0.465 e. The monoisotopic (exact) mass is 630 g/mol. The van der Waals surface area contributed by atoms with Crippen LogP contribution in [0.2, 0.25) is 0 Å². The number of hydrogen-bond donors (Lipinski definition) is 3. The summed E-state index contributed by atoms with van der Waals surface area (Å²) in [6.07, 6.45) is 3.41. The van der Waals surface area contributed by atoms with Crippen molar-refractivity contribution < 1.29 is 9.90 Å². The highest BCUT2D eigenvalue weighted by Gasteiger charge is 2.13. The van der Waals surface area contributed by atoms with Crippen LogP contribution in [0.3, 0.4) is 0 Å². The number of pyridine rings is 2. The second-order valence-corrected chi connectivity index (χ2v) is 11.1. The molecule has 0 bridgehead atoms. The average Bonchev–Trinajstić information content (AvgIpc) is 3.02. The maximum Gasteiger partial charge on any atom is 0.407 e. The van der Waals surface area contributed by atoms with Crippen molar-refractivity contribution >= 4 is 22.0 Å². The zero-order chi connectivity index (χ0) is 29.4. The summed E-state index contributed by atoms with van der Waals surface area (Å²) in [5.74, 6) is 0. The molecule has 0 spiro atoms. The third-order valence-electron chi connectivity index (χ3n) is 6.93. The van der Waals surface area contributed by atoms with Gasteiger partial charge in [0.2, 0.25) is 0 Å². The van der Waals surface area contributed by atoms with E-state index in [9.17, 15) is 9.90 Å². The van der Waals surface area contributed by atoms with Crippen molar-refractivity contribution in [2.24, 2.45) is 0 Å². The third-order valence-corrected chi connectivity index (χ3v) is 7.46. The Morgan fingerprint density at radius 2 is 1.21 bits per heavy atom. The first-order chi connectivity index (χ1) is 20.5. The van der Waals surface area contributed by atoms with Crippen molar-refractivity contribution in [3.63, 3.8) is 0 Å². The lowest BCUT2D eigenvalue weighted by Crippen LogP contribution is -2.36. The number of nitrogens with zero attached hydrogens (tertiary/aromatic N) is 4. The van der Waals surface area contributed by atoms with Crippen molar-refractivity contribution in [3.05, 3.63) is 130 Å². The first kappa shape index (κ1) is 31.3. The Morgan fingerprint density at radius 1 is 0.690 bits per heavy atom. The maximum absolute atomic E-state index is 11.9. The fraction of sp³-hybridized carbons (Fsp3) is 0.303. The van der Waals surface area contributed by atoms with E-state index < -0.39 is 6.09 Å². The van der Waals surface area contributed by atoms with E-state index in [1.165, 1.54) is 10.5 Å². The van der Waals surface area contributed by atoms with Gasteiger partial charge in [0.05, 0.1) is 11.4 Å². The molecule has 42 heavy (non-hydrogen) atoms. The summed E-state index contributed by atoms with van der Waals surface area (Å²) >= 11 is 3.44. The molecular weight excluding hydrogens is 592 g/mol. The van der Waals surface area contributed by atoms with Gasteiger partial charge in [-0.2, -0.15) is 0 Å². The van der Waals surface area contributed by atoms with Crippen LogP contribution < -0.4 is 10.6 Å². The minimum absolute atomic E-state index is 0.366. The second-order valence-electron chi connectivity index (χ2n) is 10.2. The molecular formula is C33H39BrN6O2. The van der Waals surface area contributed by atoms with E-state index in [0.29, 0.717) is 19.5 Å². The van der Waals surface area contributed by atoms with Crippen molar-refractivity contribution in [1.82, 2.24) is 30.4 Å². The van der Waals surface area contributed by atoms with E-state index in [2.05, 4.69) is 53.6 Å². The van der Waals surface area contributed by atoms with E-state index in [1.807, 2.05) is 85.2 Å². The lowest BCUT2D eigenvalue weighted by molar-refractivity contribution is 0.143. The van der Waals surface area contributed by atoms with Crippen LogP contribution in [0.15, 0.2) is 102 Å². The number of amides is 1. The fourth-order valence-electron chi connectivity index (χ4n) is 4.57. The maximum atomic E-state index is 11.9. The van der Waals surface area contributed by atoms with Gasteiger partial charge in [-0.1, -0.05) is 64.5 Å². The summed E-state index contributed by atoms with van der Waals surface area (Å²) < 4.78 is 1.02. The SMILES string of the molecule is O=C(O)N(CCc1ccc(Br)cc1)Cc1ccc(CN(CCNCc2ccccn2)CCNCc2ccccn2)cc1. The minimum atomic E-state index is -0.904. The second kappa shape index (κ2) is 17.4. The molecule has 0 aliphatic rings. The van der Waals surface area contributed by atoms with E-state index >= 15 is 0 Å². The number of halogens is 1. The molecule has 4 rings (SSSR count). The van der Waals surface area contributed by atoms with Gasteiger partial charge in [0, 0.05) is 75.8 Å². The molecule has 8 nitrogen and oxygen atoms in total. The Morgan fingerprint density at radius 3 is 1.71 bits per heavy atom. The summed E-state index contributed by atoms with van der Waals surface area (Å²) in [7, 11) is 0. The topological polar surface area (TPSA) is 93.6 Å². The van der Waals surface area contributed by atoms with E-state index in [4.69, 9.17) is 0 Å². The van der Waals surface area contributed by atoms with Crippen molar-refractivity contribution in [2.75, 3.05) is 32.7 Å². The predicted molar refractivity (Wildman–Crippen MR) is 170 cm³/mol. The summed E-state index contributed by atoms with van der Waals surface area (Å²) in [5, 5.41) is 16.8. The Hall–Kier alpha value is -3.63. The number of carbonyl (C=O) groups is 1. The molecule has 0 atom stereocenters. The number of aromatic nitrogens is 2. The summed E-state index contributed by atoms with van der Waals surface area (Å²) in [6.45, 7) is 6.58. The van der Waals surface area contributed by atoms with Crippen LogP contribution in [0.4, 0.5) is 4.79 Å². The Labute approximate surface area is 256 Å². The molecule has 0 saturated heterocycles. The molecule has 2 aromatic carbocycles. The Kier molecular flexibility index (Phi) is 12.9. The predicted octanol–water partition coefficient (Wildman–Crippen LogP) is 5.34. The Bertz CT molecular complexity index is 1280. The minimum Gasteiger partial charge on any atom is -0.465 e. The molecule has 2 aromatic heterocycles. The smallest absolute Gasteiger partial charge is 0.407 e. The van der Waals surface area contributed by atoms with Gasteiger partial charge in [-0.05, 0) is 59.5 Å². The zero-order valence-corrected chi connectivity index (χ0v) is 25.4. The van der Waals surface area contributed by atoms with Gasteiger partial charge in [0.25, 0.3) is 0 Å².